The van der Waals surface area contributed by atoms with Gasteiger partial charge in [0.25, 0.3) is 5.91 Å². The van der Waals surface area contributed by atoms with E-state index in [1.807, 2.05) is 35.2 Å². The summed E-state index contributed by atoms with van der Waals surface area (Å²) in [5, 5.41) is 5.75. The maximum Gasteiger partial charge on any atom is 0.251 e. The lowest BCUT2D eigenvalue weighted by Crippen LogP contribution is -2.39. The van der Waals surface area contributed by atoms with Crippen LogP contribution in [-0.4, -0.2) is 49.4 Å². The van der Waals surface area contributed by atoms with Gasteiger partial charge in [-0.15, -0.1) is 0 Å². The molecule has 0 aromatic heterocycles. The Morgan fingerprint density at radius 1 is 1.00 bits per heavy atom. The lowest BCUT2D eigenvalue weighted by atomic mass is 9.89. The fraction of sp³-hybridized carbons (Fsp3) is 0.300. The summed E-state index contributed by atoms with van der Waals surface area (Å²) < 4.78 is 19.5. The molecular weight excluding hydrogens is 521 g/mol. The maximum absolute atomic E-state index is 14.5. The van der Waals surface area contributed by atoms with Crippen molar-refractivity contribution < 1.29 is 23.5 Å². The SMILES string of the molecule is COc1ccc(Cl)c(CC(=O)Nc2ccc(C3CCN(C(=O)CCNC(=O)c4ccccc4)CC3)cc2)c1F. The summed E-state index contributed by atoms with van der Waals surface area (Å²) in [5.41, 5.74) is 2.40. The maximum atomic E-state index is 14.5. The largest absolute Gasteiger partial charge is 0.494 e. The number of amides is 3. The second-order valence-corrected chi connectivity index (χ2v) is 9.82. The van der Waals surface area contributed by atoms with Gasteiger partial charge in [0.15, 0.2) is 11.6 Å². The first-order chi connectivity index (χ1) is 18.9. The average Bonchev–Trinajstić information content (AvgIpc) is 2.96. The number of anilines is 1. The molecule has 9 heteroatoms. The van der Waals surface area contributed by atoms with Gasteiger partial charge in [0.2, 0.25) is 11.8 Å². The first-order valence-electron chi connectivity index (χ1n) is 12.9. The molecule has 0 unspecified atom stereocenters. The molecule has 39 heavy (non-hydrogen) atoms. The van der Waals surface area contributed by atoms with Gasteiger partial charge in [-0.25, -0.2) is 4.39 Å². The third-order valence-corrected chi connectivity index (χ3v) is 7.24. The highest BCUT2D eigenvalue weighted by molar-refractivity contribution is 6.31. The fourth-order valence-corrected chi connectivity index (χ4v) is 4.91. The standard InChI is InChI=1S/C30H31ClFN3O4/c1-39-26-12-11-25(31)24(29(26)32)19-27(36)34-23-9-7-20(8-10-23)21-14-17-35(18-15-21)28(37)13-16-33-30(38)22-5-3-2-4-6-22/h2-12,21H,13-19H2,1H3,(H,33,38)(H,34,36). The van der Waals surface area contributed by atoms with Gasteiger partial charge in [0, 0.05) is 47.9 Å². The highest BCUT2D eigenvalue weighted by Crippen LogP contribution is 2.30. The van der Waals surface area contributed by atoms with Crippen molar-refractivity contribution in [2.24, 2.45) is 0 Å². The molecule has 7 nitrogen and oxygen atoms in total. The van der Waals surface area contributed by atoms with Gasteiger partial charge in [0.05, 0.1) is 13.5 Å². The normalized spacial score (nSPS) is 13.6. The molecule has 2 N–H and O–H groups in total. The molecule has 0 bridgehead atoms. The number of halogens is 2. The van der Waals surface area contributed by atoms with Crippen molar-refractivity contribution in [3.63, 3.8) is 0 Å². The van der Waals surface area contributed by atoms with Crippen LogP contribution in [0.15, 0.2) is 66.7 Å². The number of piperidine rings is 1. The summed E-state index contributed by atoms with van der Waals surface area (Å²) >= 11 is 6.09. The summed E-state index contributed by atoms with van der Waals surface area (Å²) in [7, 11) is 1.36. The highest BCUT2D eigenvalue weighted by atomic mass is 35.5. The number of hydrogen-bond acceptors (Lipinski definition) is 4. The molecule has 0 atom stereocenters. The van der Waals surface area contributed by atoms with Crippen molar-refractivity contribution in [1.29, 1.82) is 0 Å². The van der Waals surface area contributed by atoms with Crippen LogP contribution in [0.1, 0.15) is 46.7 Å². The Kier molecular flexibility index (Phi) is 9.54. The molecule has 0 spiro atoms. The van der Waals surface area contributed by atoms with Crippen molar-refractivity contribution in [2.75, 3.05) is 32.1 Å². The molecule has 204 valence electrons. The van der Waals surface area contributed by atoms with E-state index in [2.05, 4.69) is 10.6 Å². The smallest absolute Gasteiger partial charge is 0.251 e. The Morgan fingerprint density at radius 3 is 2.36 bits per heavy atom. The summed E-state index contributed by atoms with van der Waals surface area (Å²) in [5.74, 6) is -0.832. The molecule has 0 radical (unpaired) electrons. The number of benzene rings is 3. The average molecular weight is 552 g/mol. The molecule has 4 rings (SSSR count). The topological polar surface area (TPSA) is 87.7 Å². The van der Waals surface area contributed by atoms with Crippen LogP contribution in [-0.2, 0) is 16.0 Å². The Balaban J connectivity index is 1.22. The van der Waals surface area contributed by atoms with Crippen LogP contribution in [0.25, 0.3) is 0 Å². The van der Waals surface area contributed by atoms with E-state index in [4.69, 9.17) is 16.3 Å². The molecular formula is C30H31ClFN3O4. The van der Waals surface area contributed by atoms with E-state index in [0.29, 0.717) is 36.8 Å². The zero-order chi connectivity index (χ0) is 27.8. The number of nitrogens with zero attached hydrogens (tertiary/aromatic N) is 1. The minimum Gasteiger partial charge on any atom is -0.494 e. The van der Waals surface area contributed by atoms with E-state index < -0.39 is 5.82 Å². The van der Waals surface area contributed by atoms with Crippen molar-refractivity contribution in [3.8, 4) is 5.75 Å². The Morgan fingerprint density at radius 2 is 1.69 bits per heavy atom. The van der Waals surface area contributed by atoms with Crippen LogP contribution < -0.4 is 15.4 Å². The fourth-order valence-electron chi connectivity index (χ4n) is 4.70. The molecule has 1 aliphatic heterocycles. The van der Waals surface area contributed by atoms with Gasteiger partial charge in [-0.1, -0.05) is 41.9 Å². The molecule has 1 heterocycles. The Labute approximate surface area is 232 Å². The quantitative estimate of drug-likeness (QED) is 0.383. The Bertz CT molecular complexity index is 1310. The third kappa shape index (κ3) is 7.35. The lowest BCUT2D eigenvalue weighted by Gasteiger charge is -2.32. The van der Waals surface area contributed by atoms with Crippen molar-refractivity contribution in [1.82, 2.24) is 10.2 Å². The predicted molar refractivity (Wildman–Crippen MR) is 149 cm³/mol. The number of rotatable bonds is 9. The molecule has 3 aromatic carbocycles. The second-order valence-electron chi connectivity index (χ2n) is 9.42. The number of methoxy groups -OCH3 is 1. The van der Waals surface area contributed by atoms with Crippen LogP contribution in [0, 0.1) is 5.82 Å². The van der Waals surface area contributed by atoms with Crippen LogP contribution in [0.5, 0.6) is 5.75 Å². The molecule has 3 aromatic rings. The number of carbonyl (C=O) groups excluding carboxylic acids is 3. The summed E-state index contributed by atoms with van der Waals surface area (Å²) in [6, 6.07) is 19.4. The molecule has 1 saturated heterocycles. The van der Waals surface area contributed by atoms with Gasteiger partial charge in [0.1, 0.15) is 0 Å². The second kappa shape index (κ2) is 13.2. The number of hydrogen-bond donors (Lipinski definition) is 2. The van der Waals surface area contributed by atoms with Crippen molar-refractivity contribution >= 4 is 35.0 Å². The van der Waals surface area contributed by atoms with Crippen molar-refractivity contribution in [3.05, 3.63) is 94.3 Å². The number of ether oxygens (including phenoxy) is 1. The minimum absolute atomic E-state index is 0.0347. The number of nitrogens with one attached hydrogen (secondary N) is 2. The van der Waals surface area contributed by atoms with E-state index in [1.165, 1.54) is 19.2 Å². The van der Waals surface area contributed by atoms with Crippen molar-refractivity contribution in [2.45, 2.75) is 31.6 Å². The number of likely N-dealkylation sites (tertiary alicyclic amines) is 1. The number of carbonyl (C=O) groups is 3. The monoisotopic (exact) mass is 551 g/mol. The molecule has 0 saturated carbocycles. The first kappa shape index (κ1) is 28.1. The zero-order valence-electron chi connectivity index (χ0n) is 21.7. The zero-order valence-corrected chi connectivity index (χ0v) is 22.5. The summed E-state index contributed by atoms with van der Waals surface area (Å²) in [4.78, 5) is 39.1. The summed E-state index contributed by atoms with van der Waals surface area (Å²) in [6.45, 7) is 1.61. The van der Waals surface area contributed by atoms with Crippen LogP contribution >= 0.6 is 11.6 Å². The highest BCUT2D eigenvalue weighted by Gasteiger charge is 2.24. The minimum atomic E-state index is -0.641. The van der Waals surface area contributed by atoms with E-state index in [0.717, 1.165) is 18.4 Å². The summed E-state index contributed by atoms with van der Waals surface area (Å²) in [6.07, 6.45) is 1.72. The first-order valence-corrected chi connectivity index (χ1v) is 13.2. The van der Waals surface area contributed by atoms with E-state index in [9.17, 15) is 18.8 Å². The molecule has 3 amide bonds. The molecule has 0 aliphatic carbocycles. The molecule has 1 aliphatic rings. The van der Waals surface area contributed by atoms with Gasteiger partial charge < -0.3 is 20.3 Å². The molecule has 1 fully saturated rings. The van der Waals surface area contributed by atoms with E-state index in [1.54, 1.807) is 24.3 Å². The van der Waals surface area contributed by atoms with E-state index in [-0.39, 0.29) is 46.9 Å². The van der Waals surface area contributed by atoms with Crippen LogP contribution in [0.3, 0.4) is 0 Å². The third-order valence-electron chi connectivity index (χ3n) is 6.88. The van der Waals surface area contributed by atoms with Gasteiger partial charge in [-0.2, -0.15) is 0 Å². The Hall–Kier alpha value is -3.91. The van der Waals surface area contributed by atoms with E-state index >= 15 is 0 Å². The lowest BCUT2D eigenvalue weighted by molar-refractivity contribution is -0.132. The van der Waals surface area contributed by atoms with Gasteiger partial charge >= 0.3 is 0 Å². The predicted octanol–water partition coefficient (Wildman–Crippen LogP) is 5.20. The van der Waals surface area contributed by atoms with Gasteiger partial charge in [-0.3, -0.25) is 14.4 Å². The van der Waals surface area contributed by atoms with Crippen LogP contribution in [0.4, 0.5) is 10.1 Å². The van der Waals surface area contributed by atoms with Crippen LogP contribution in [0.2, 0.25) is 5.02 Å². The van der Waals surface area contributed by atoms with Gasteiger partial charge in [-0.05, 0) is 60.7 Å².